The first-order valence-electron chi connectivity index (χ1n) is 6.37. The first-order chi connectivity index (χ1) is 8.58. The molecule has 98 valence electrons. The van der Waals surface area contributed by atoms with Crippen molar-refractivity contribution in [2.75, 3.05) is 0 Å². The van der Waals surface area contributed by atoms with Crippen LogP contribution in [0.3, 0.4) is 0 Å². The quantitative estimate of drug-likeness (QED) is 0.883. The molecule has 2 heterocycles. The zero-order valence-electron chi connectivity index (χ0n) is 11.5. The van der Waals surface area contributed by atoms with Crippen LogP contribution in [0.4, 0.5) is 0 Å². The van der Waals surface area contributed by atoms with Gasteiger partial charge in [0.15, 0.2) is 0 Å². The zero-order chi connectivity index (χ0) is 13.1. The third kappa shape index (κ3) is 2.82. The van der Waals surface area contributed by atoms with Gasteiger partial charge in [-0.1, -0.05) is 13.8 Å². The van der Waals surface area contributed by atoms with Crippen molar-refractivity contribution in [1.29, 1.82) is 0 Å². The van der Waals surface area contributed by atoms with Gasteiger partial charge in [0, 0.05) is 25.4 Å². The summed E-state index contributed by atoms with van der Waals surface area (Å²) in [4.78, 5) is 0. The normalized spacial score (nSPS) is 13.2. The summed E-state index contributed by atoms with van der Waals surface area (Å²) < 4.78 is 7.26. The molecular formula is C14H21N3O. The van der Waals surface area contributed by atoms with Crippen LogP contribution in [0.25, 0.3) is 0 Å². The Balaban J connectivity index is 2.02. The lowest BCUT2D eigenvalue weighted by Crippen LogP contribution is -2.18. The molecule has 0 saturated carbocycles. The molecule has 18 heavy (non-hydrogen) atoms. The van der Waals surface area contributed by atoms with Gasteiger partial charge in [-0.15, -0.1) is 0 Å². The third-order valence-electron chi connectivity index (χ3n) is 3.05. The van der Waals surface area contributed by atoms with Crippen LogP contribution in [0.15, 0.2) is 29.0 Å². The second kappa shape index (κ2) is 5.40. The van der Waals surface area contributed by atoms with E-state index in [-0.39, 0.29) is 6.04 Å². The van der Waals surface area contributed by atoms with Crippen molar-refractivity contribution in [3.63, 3.8) is 0 Å². The number of nitrogens with one attached hydrogen (secondary N) is 1. The first kappa shape index (κ1) is 12.9. The standard InChI is InChI=1S/C14H21N3O/c1-10(2)14-12(9-17(4)16-14)8-15-11(3)13-6-5-7-18-13/h5-7,9-11,15H,8H2,1-4H3. The minimum absolute atomic E-state index is 0.209. The SMILES string of the molecule is CC(C)c1nn(C)cc1CNC(C)c1ccco1. The van der Waals surface area contributed by atoms with Crippen LogP contribution in [0.2, 0.25) is 0 Å². The summed E-state index contributed by atoms with van der Waals surface area (Å²) in [5, 5.41) is 7.97. The summed E-state index contributed by atoms with van der Waals surface area (Å²) in [6, 6.07) is 4.11. The van der Waals surface area contributed by atoms with E-state index in [0.717, 1.165) is 18.0 Å². The van der Waals surface area contributed by atoms with Gasteiger partial charge < -0.3 is 9.73 Å². The zero-order valence-corrected chi connectivity index (χ0v) is 11.5. The van der Waals surface area contributed by atoms with Crippen LogP contribution in [0.1, 0.15) is 49.7 Å². The summed E-state index contributed by atoms with van der Waals surface area (Å²) in [6.07, 6.45) is 3.79. The topological polar surface area (TPSA) is 43.0 Å². The molecule has 0 aromatic carbocycles. The Bertz CT molecular complexity index is 485. The van der Waals surface area contributed by atoms with E-state index < -0.39 is 0 Å². The number of aryl methyl sites for hydroxylation is 1. The number of hydrogen-bond donors (Lipinski definition) is 1. The van der Waals surface area contributed by atoms with E-state index in [2.05, 4.69) is 37.4 Å². The van der Waals surface area contributed by atoms with Crippen LogP contribution in [-0.4, -0.2) is 9.78 Å². The molecule has 2 rings (SSSR count). The lowest BCUT2D eigenvalue weighted by atomic mass is 10.1. The lowest BCUT2D eigenvalue weighted by molar-refractivity contribution is 0.429. The maximum absolute atomic E-state index is 5.38. The van der Waals surface area contributed by atoms with Crippen molar-refractivity contribution in [2.24, 2.45) is 7.05 Å². The van der Waals surface area contributed by atoms with E-state index in [1.54, 1.807) is 6.26 Å². The molecule has 0 aliphatic carbocycles. The van der Waals surface area contributed by atoms with Crippen molar-refractivity contribution in [3.8, 4) is 0 Å². The molecule has 0 radical (unpaired) electrons. The predicted molar refractivity (Wildman–Crippen MR) is 71.3 cm³/mol. The van der Waals surface area contributed by atoms with Gasteiger partial charge >= 0.3 is 0 Å². The third-order valence-corrected chi connectivity index (χ3v) is 3.05. The molecule has 0 aliphatic heterocycles. The molecule has 0 spiro atoms. The Labute approximate surface area is 108 Å². The summed E-state index contributed by atoms with van der Waals surface area (Å²) in [5.74, 6) is 1.41. The van der Waals surface area contributed by atoms with Crippen molar-refractivity contribution in [2.45, 2.75) is 39.3 Å². The number of rotatable bonds is 5. The van der Waals surface area contributed by atoms with Crippen molar-refractivity contribution < 1.29 is 4.42 Å². The Hall–Kier alpha value is -1.55. The fourth-order valence-corrected chi connectivity index (χ4v) is 2.08. The molecule has 2 aromatic heterocycles. The summed E-state index contributed by atoms with van der Waals surface area (Å²) >= 11 is 0. The molecule has 4 heteroatoms. The van der Waals surface area contributed by atoms with E-state index in [0.29, 0.717) is 5.92 Å². The van der Waals surface area contributed by atoms with Gasteiger partial charge in [-0.3, -0.25) is 4.68 Å². The second-order valence-electron chi connectivity index (χ2n) is 4.99. The molecule has 1 unspecified atom stereocenters. The van der Waals surface area contributed by atoms with Gasteiger partial charge in [-0.2, -0.15) is 5.10 Å². The van der Waals surface area contributed by atoms with Crippen LogP contribution in [0, 0.1) is 0 Å². The Morgan fingerprint density at radius 2 is 2.17 bits per heavy atom. The molecule has 1 atom stereocenters. The van der Waals surface area contributed by atoms with E-state index >= 15 is 0 Å². The Morgan fingerprint density at radius 1 is 1.39 bits per heavy atom. The second-order valence-corrected chi connectivity index (χ2v) is 4.99. The van der Waals surface area contributed by atoms with Crippen molar-refractivity contribution in [1.82, 2.24) is 15.1 Å². The van der Waals surface area contributed by atoms with Gasteiger partial charge in [-0.25, -0.2) is 0 Å². The van der Waals surface area contributed by atoms with Crippen molar-refractivity contribution in [3.05, 3.63) is 41.6 Å². The average molecular weight is 247 g/mol. The Morgan fingerprint density at radius 3 is 2.78 bits per heavy atom. The molecule has 1 N–H and O–H groups in total. The van der Waals surface area contributed by atoms with Gasteiger partial charge in [0.2, 0.25) is 0 Å². The highest BCUT2D eigenvalue weighted by atomic mass is 16.3. The largest absolute Gasteiger partial charge is 0.468 e. The number of furan rings is 1. The fraction of sp³-hybridized carbons (Fsp3) is 0.500. The first-order valence-corrected chi connectivity index (χ1v) is 6.37. The molecule has 0 aliphatic rings. The minimum Gasteiger partial charge on any atom is -0.468 e. The highest BCUT2D eigenvalue weighted by Gasteiger charge is 2.13. The summed E-state index contributed by atoms with van der Waals surface area (Å²) in [6.45, 7) is 7.25. The molecule has 0 bridgehead atoms. The highest BCUT2D eigenvalue weighted by Crippen LogP contribution is 2.19. The van der Waals surface area contributed by atoms with E-state index in [1.807, 2.05) is 23.9 Å². The van der Waals surface area contributed by atoms with Gasteiger partial charge in [-0.05, 0) is 25.0 Å². The Kier molecular flexibility index (Phi) is 3.87. The minimum atomic E-state index is 0.209. The van der Waals surface area contributed by atoms with Gasteiger partial charge in [0.1, 0.15) is 5.76 Å². The molecule has 2 aromatic rings. The van der Waals surface area contributed by atoms with Crippen LogP contribution >= 0.6 is 0 Å². The van der Waals surface area contributed by atoms with E-state index in [4.69, 9.17) is 4.42 Å². The number of aromatic nitrogens is 2. The van der Waals surface area contributed by atoms with Crippen molar-refractivity contribution >= 4 is 0 Å². The van der Waals surface area contributed by atoms with Crippen LogP contribution in [-0.2, 0) is 13.6 Å². The maximum Gasteiger partial charge on any atom is 0.120 e. The fourth-order valence-electron chi connectivity index (χ4n) is 2.08. The maximum atomic E-state index is 5.38. The van der Waals surface area contributed by atoms with Gasteiger partial charge in [0.05, 0.1) is 18.0 Å². The molecule has 0 amide bonds. The van der Waals surface area contributed by atoms with E-state index in [9.17, 15) is 0 Å². The average Bonchev–Trinajstić information content (AvgIpc) is 2.94. The van der Waals surface area contributed by atoms with E-state index in [1.165, 1.54) is 5.56 Å². The molecule has 0 fully saturated rings. The smallest absolute Gasteiger partial charge is 0.120 e. The summed E-state index contributed by atoms with van der Waals surface area (Å²) in [5.41, 5.74) is 2.42. The predicted octanol–water partition coefficient (Wildman–Crippen LogP) is 2.99. The number of nitrogens with zero attached hydrogens (tertiary/aromatic N) is 2. The van der Waals surface area contributed by atoms with Crippen LogP contribution < -0.4 is 5.32 Å². The molecular weight excluding hydrogens is 226 g/mol. The highest BCUT2D eigenvalue weighted by molar-refractivity contribution is 5.20. The molecule has 4 nitrogen and oxygen atoms in total. The van der Waals surface area contributed by atoms with Crippen LogP contribution in [0.5, 0.6) is 0 Å². The summed E-state index contributed by atoms with van der Waals surface area (Å²) in [7, 11) is 1.96. The molecule has 0 saturated heterocycles. The van der Waals surface area contributed by atoms with Gasteiger partial charge in [0.25, 0.3) is 0 Å². The number of hydrogen-bond acceptors (Lipinski definition) is 3. The lowest BCUT2D eigenvalue weighted by Gasteiger charge is -2.11. The monoisotopic (exact) mass is 247 g/mol.